The molecule has 0 unspecified atom stereocenters. The first-order chi connectivity index (χ1) is 11.7. The molecule has 1 heterocycles. The highest BCUT2D eigenvalue weighted by Crippen LogP contribution is 2.07. The Labute approximate surface area is 155 Å². The van der Waals surface area contributed by atoms with Crippen LogP contribution in [0, 0.1) is 0 Å². The second-order valence-electron chi connectivity index (χ2n) is 5.53. The second-order valence-corrected chi connectivity index (χ2v) is 6.28. The Morgan fingerprint density at radius 1 is 1.08 bits per heavy atom. The number of rotatable bonds is 3. The number of benzene rings is 1. The summed E-state index contributed by atoms with van der Waals surface area (Å²) in [6, 6.07) is 9.93. The van der Waals surface area contributed by atoms with Crippen LogP contribution in [0.1, 0.15) is 32.3 Å². The van der Waals surface area contributed by atoms with Gasteiger partial charge in [0.25, 0.3) is 0 Å². The summed E-state index contributed by atoms with van der Waals surface area (Å²) in [6.07, 6.45) is 2.38. The summed E-state index contributed by atoms with van der Waals surface area (Å²) in [7, 11) is 0. The summed E-state index contributed by atoms with van der Waals surface area (Å²) in [5, 5.41) is 1.27. The van der Waals surface area contributed by atoms with E-state index in [9.17, 15) is 0 Å². The van der Waals surface area contributed by atoms with E-state index in [0.717, 1.165) is 31.7 Å². The summed E-state index contributed by atoms with van der Waals surface area (Å²) in [4.78, 5) is 8.81. The van der Waals surface area contributed by atoms with Gasteiger partial charge in [0.1, 0.15) is 0 Å². The Kier molecular flexibility index (Phi) is 7.39. The van der Waals surface area contributed by atoms with E-state index < -0.39 is 0 Å². The molecule has 1 aliphatic heterocycles. The third kappa shape index (κ3) is 5.14. The Hall–Kier alpha value is -1.73. The van der Waals surface area contributed by atoms with Crippen LogP contribution in [0.15, 0.2) is 35.3 Å². The number of likely N-dealkylation sites (tertiary alicyclic amines) is 1. The van der Waals surface area contributed by atoms with Gasteiger partial charge in [0.05, 0.1) is 0 Å². The molecule has 0 radical (unpaired) electrons. The van der Waals surface area contributed by atoms with Crippen LogP contribution < -0.4 is 10.9 Å². The fraction of sp³-hybridized carbons (Fsp3) is 0.471. The van der Waals surface area contributed by atoms with E-state index in [1.165, 1.54) is 12.8 Å². The summed E-state index contributed by atoms with van der Waals surface area (Å²) >= 11 is 10.9. The smallest absolute Gasteiger partial charge is 0.197 e. The first-order valence-corrected chi connectivity index (χ1v) is 9.21. The second kappa shape index (κ2) is 9.54. The molecule has 1 aromatic rings. The van der Waals surface area contributed by atoms with Gasteiger partial charge in [0, 0.05) is 31.7 Å². The Balaban J connectivity index is 2.11. The molecule has 7 heteroatoms. The average Bonchev–Trinajstić information content (AvgIpc) is 3.15. The monoisotopic (exact) mass is 363 g/mol. The highest BCUT2D eigenvalue weighted by atomic mass is 32.1. The van der Waals surface area contributed by atoms with Gasteiger partial charge in [-0.3, -0.25) is 10.9 Å². The number of amidine groups is 1. The Morgan fingerprint density at radius 2 is 1.71 bits per heavy atom. The molecular weight excluding hydrogens is 338 g/mol. The van der Waals surface area contributed by atoms with Crippen molar-refractivity contribution in [1.29, 1.82) is 0 Å². The van der Waals surface area contributed by atoms with E-state index in [4.69, 9.17) is 24.4 Å². The van der Waals surface area contributed by atoms with Crippen molar-refractivity contribution in [3.63, 3.8) is 0 Å². The summed E-state index contributed by atoms with van der Waals surface area (Å²) in [5.41, 5.74) is 7.21. The van der Waals surface area contributed by atoms with Crippen molar-refractivity contribution in [3.8, 4) is 0 Å². The molecule has 1 aliphatic rings. The zero-order chi connectivity index (χ0) is 17.4. The van der Waals surface area contributed by atoms with Crippen molar-refractivity contribution in [2.24, 2.45) is 4.99 Å². The SMILES string of the molecule is CCN(CC)C(=S)/N=C(/NNC(=S)N1CCCC1)c1ccccc1. The number of nitrogens with zero attached hydrogens (tertiary/aromatic N) is 3. The predicted molar refractivity (Wildman–Crippen MR) is 108 cm³/mol. The molecule has 0 aliphatic carbocycles. The molecule has 2 rings (SSSR count). The number of aliphatic imine (C=N–C) groups is 1. The summed E-state index contributed by atoms with van der Waals surface area (Å²) < 4.78 is 0. The van der Waals surface area contributed by atoms with Crippen molar-refractivity contribution >= 4 is 40.5 Å². The molecule has 5 nitrogen and oxygen atoms in total. The lowest BCUT2D eigenvalue weighted by Crippen LogP contribution is -2.48. The lowest BCUT2D eigenvalue weighted by Gasteiger charge is -2.22. The first-order valence-electron chi connectivity index (χ1n) is 8.39. The van der Waals surface area contributed by atoms with Crippen molar-refractivity contribution in [3.05, 3.63) is 35.9 Å². The first kappa shape index (κ1) is 18.6. The molecule has 24 heavy (non-hydrogen) atoms. The van der Waals surface area contributed by atoms with Crippen LogP contribution >= 0.6 is 24.4 Å². The van der Waals surface area contributed by atoms with E-state index in [1.54, 1.807) is 0 Å². The third-order valence-corrected chi connectivity index (χ3v) is 4.68. The normalized spacial score (nSPS) is 14.4. The minimum atomic E-state index is 0.570. The summed E-state index contributed by atoms with van der Waals surface area (Å²) in [6.45, 7) is 7.82. The lowest BCUT2D eigenvalue weighted by molar-refractivity contribution is 0.469. The van der Waals surface area contributed by atoms with Crippen LogP contribution in [0.5, 0.6) is 0 Å². The van der Waals surface area contributed by atoms with E-state index >= 15 is 0 Å². The fourth-order valence-electron chi connectivity index (χ4n) is 2.53. The van der Waals surface area contributed by atoms with Gasteiger partial charge in [0.15, 0.2) is 16.1 Å². The van der Waals surface area contributed by atoms with Crippen molar-refractivity contribution < 1.29 is 0 Å². The van der Waals surface area contributed by atoms with Crippen LogP contribution in [-0.2, 0) is 0 Å². The zero-order valence-electron chi connectivity index (χ0n) is 14.3. The quantitative estimate of drug-likeness (QED) is 0.372. The molecule has 130 valence electrons. The Morgan fingerprint density at radius 3 is 2.29 bits per heavy atom. The van der Waals surface area contributed by atoms with Crippen LogP contribution in [0.3, 0.4) is 0 Å². The van der Waals surface area contributed by atoms with E-state index in [-0.39, 0.29) is 0 Å². The number of hydrazine groups is 1. The largest absolute Gasteiger partial charge is 0.348 e. The maximum atomic E-state index is 5.46. The molecular formula is C17H25N5S2. The maximum absolute atomic E-state index is 5.46. The third-order valence-electron chi connectivity index (χ3n) is 3.97. The standard InChI is InChI=1S/C17H25N5S2/c1-3-21(4-2)16(23)18-15(14-10-6-5-7-11-14)19-20-17(24)22-12-8-9-13-22/h5-7,10-11H,3-4,8-9,12-13H2,1-2H3,(H,20,24)(H,18,19,23). The van der Waals surface area contributed by atoms with E-state index in [0.29, 0.717) is 16.1 Å². The van der Waals surface area contributed by atoms with Crippen LogP contribution in [0.2, 0.25) is 0 Å². The Bertz CT molecular complexity index is 578. The predicted octanol–water partition coefficient (Wildman–Crippen LogP) is 2.53. The van der Waals surface area contributed by atoms with E-state index in [1.807, 2.05) is 35.2 Å². The molecule has 0 saturated carbocycles. The number of hydrogen-bond acceptors (Lipinski definition) is 2. The molecule has 1 fully saturated rings. The van der Waals surface area contributed by atoms with Gasteiger partial charge in [-0.25, -0.2) is 4.99 Å². The topological polar surface area (TPSA) is 42.9 Å². The summed E-state index contributed by atoms with van der Waals surface area (Å²) in [5.74, 6) is 0.675. The van der Waals surface area contributed by atoms with Crippen LogP contribution in [0.25, 0.3) is 0 Å². The average molecular weight is 364 g/mol. The van der Waals surface area contributed by atoms with Gasteiger partial charge >= 0.3 is 0 Å². The highest BCUT2D eigenvalue weighted by Gasteiger charge is 2.15. The van der Waals surface area contributed by atoms with Gasteiger partial charge in [0.2, 0.25) is 0 Å². The zero-order valence-corrected chi connectivity index (χ0v) is 15.9. The van der Waals surface area contributed by atoms with Crippen molar-refractivity contribution in [2.75, 3.05) is 26.2 Å². The van der Waals surface area contributed by atoms with Crippen LogP contribution in [-0.4, -0.2) is 52.0 Å². The molecule has 0 spiro atoms. The minimum absolute atomic E-state index is 0.570. The number of hydrogen-bond donors (Lipinski definition) is 2. The maximum Gasteiger partial charge on any atom is 0.197 e. The molecule has 1 saturated heterocycles. The van der Waals surface area contributed by atoms with Gasteiger partial charge < -0.3 is 9.80 Å². The molecule has 0 bridgehead atoms. The van der Waals surface area contributed by atoms with Gasteiger partial charge in [-0.05, 0) is 51.1 Å². The van der Waals surface area contributed by atoms with Crippen LogP contribution in [0.4, 0.5) is 0 Å². The highest BCUT2D eigenvalue weighted by molar-refractivity contribution is 7.80. The number of thiocarbonyl (C=S) groups is 2. The molecule has 2 N–H and O–H groups in total. The van der Waals surface area contributed by atoms with E-state index in [2.05, 4.69) is 34.6 Å². The molecule has 0 amide bonds. The molecule has 0 aromatic heterocycles. The molecule has 0 atom stereocenters. The van der Waals surface area contributed by atoms with Gasteiger partial charge in [-0.1, -0.05) is 30.3 Å². The molecule has 1 aromatic carbocycles. The van der Waals surface area contributed by atoms with Gasteiger partial charge in [-0.2, -0.15) is 0 Å². The lowest BCUT2D eigenvalue weighted by atomic mass is 10.2. The minimum Gasteiger partial charge on any atom is -0.348 e. The van der Waals surface area contributed by atoms with Crippen molar-refractivity contribution in [2.45, 2.75) is 26.7 Å². The fourth-order valence-corrected chi connectivity index (χ4v) is 3.12. The number of nitrogens with one attached hydrogen (secondary N) is 2. The van der Waals surface area contributed by atoms with Crippen molar-refractivity contribution in [1.82, 2.24) is 20.7 Å². The van der Waals surface area contributed by atoms with Gasteiger partial charge in [-0.15, -0.1) is 0 Å².